The second kappa shape index (κ2) is 3.05. The van der Waals surface area contributed by atoms with Gasteiger partial charge in [-0.3, -0.25) is 9.67 Å². The molecular formula is C8H7N7. The van der Waals surface area contributed by atoms with Crippen LogP contribution in [0.15, 0.2) is 37.6 Å². The highest BCUT2D eigenvalue weighted by Crippen LogP contribution is 2.14. The number of rotatable bonds is 2. The Morgan fingerprint density at radius 3 is 2.67 bits per heavy atom. The number of hydrogen-bond acceptors (Lipinski definition) is 4. The van der Waals surface area contributed by atoms with E-state index < -0.39 is 0 Å². The number of nitrogens with one attached hydrogen (secondary N) is 1. The molecule has 0 spiro atoms. The van der Waals surface area contributed by atoms with Gasteiger partial charge in [0.1, 0.15) is 18.3 Å². The molecule has 0 unspecified atom stereocenters. The Morgan fingerprint density at radius 2 is 1.93 bits per heavy atom. The molecule has 0 aromatic carbocycles. The summed E-state index contributed by atoms with van der Waals surface area (Å²) in [5.74, 6) is 0.804. The van der Waals surface area contributed by atoms with Gasteiger partial charge in [-0.05, 0) is 0 Å². The van der Waals surface area contributed by atoms with Crippen molar-refractivity contribution in [2.75, 3.05) is 0 Å². The van der Waals surface area contributed by atoms with Gasteiger partial charge in [0.05, 0.1) is 12.5 Å². The number of hydrogen-bond donors (Lipinski definition) is 1. The molecule has 0 aliphatic carbocycles. The Hall–Kier alpha value is -2.44. The van der Waals surface area contributed by atoms with Crippen LogP contribution >= 0.6 is 0 Å². The third kappa shape index (κ3) is 1.21. The van der Waals surface area contributed by atoms with Crippen LogP contribution in [0.25, 0.3) is 11.5 Å². The van der Waals surface area contributed by atoms with E-state index in [1.807, 2.05) is 10.8 Å². The molecule has 0 atom stereocenters. The minimum Gasteiger partial charge on any atom is -0.301 e. The predicted octanol–water partition coefficient (Wildman–Crippen LogP) is 0.176. The molecule has 0 aliphatic rings. The third-order valence-corrected chi connectivity index (χ3v) is 2.06. The molecule has 3 aromatic rings. The van der Waals surface area contributed by atoms with Gasteiger partial charge in [-0.15, -0.1) is 10.2 Å². The summed E-state index contributed by atoms with van der Waals surface area (Å²) in [7, 11) is 0. The molecule has 0 fully saturated rings. The van der Waals surface area contributed by atoms with Crippen LogP contribution in [-0.2, 0) is 0 Å². The van der Waals surface area contributed by atoms with Crippen LogP contribution < -0.4 is 0 Å². The summed E-state index contributed by atoms with van der Waals surface area (Å²) < 4.78 is 3.61. The van der Waals surface area contributed by atoms with Crippen LogP contribution in [0.2, 0.25) is 0 Å². The lowest BCUT2D eigenvalue weighted by Crippen LogP contribution is -1.97. The molecule has 15 heavy (non-hydrogen) atoms. The zero-order valence-corrected chi connectivity index (χ0v) is 7.65. The lowest BCUT2D eigenvalue weighted by molar-refractivity contribution is 0.935. The van der Waals surface area contributed by atoms with Crippen molar-refractivity contribution in [3.05, 3.63) is 37.6 Å². The van der Waals surface area contributed by atoms with Gasteiger partial charge in [0.2, 0.25) is 0 Å². The molecule has 1 N–H and O–H groups in total. The summed E-state index contributed by atoms with van der Waals surface area (Å²) >= 11 is 0. The van der Waals surface area contributed by atoms with E-state index >= 15 is 0 Å². The number of aromatic amines is 1. The van der Waals surface area contributed by atoms with Crippen LogP contribution in [-0.4, -0.2) is 34.5 Å². The second-order valence-corrected chi connectivity index (χ2v) is 2.94. The van der Waals surface area contributed by atoms with Crippen LogP contribution in [0.1, 0.15) is 0 Å². The van der Waals surface area contributed by atoms with Crippen molar-refractivity contribution in [1.82, 2.24) is 34.5 Å². The molecule has 7 nitrogen and oxygen atoms in total. The normalized spacial score (nSPS) is 10.7. The van der Waals surface area contributed by atoms with Crippen LogP contribution in [0.3, 0.4) is 0 Å². The van der Waals surface area contributed by atoms with Gasteiger partial charge in [0.15, 0.2) is 5.82 Å². The minimum absolute atomic E-state index is 0.804. The van der Waals surface area contributed by atoms with E-state index in [-0.39, 0.29) is 0 Å². The fourth-order valence-electron chi connectivity index (χ4n) is 1.37. The van der Waals surface area contributed by atoms with E-state index in [0.717, 1.165) is 11.5 Å². The lowest BCUT2D eigenvalue weighted by atomic mass is 10.5. The quantitative estimate of drug-likeness (QED) is 0.641. The van der Waals surface area contributed by atoms with Gasteiger partial charge in [-0.2, -0.15) is 5.10 Å². The van der Waals surface area contributed by atoms with E-state index in [1.165, 1.54) is 0 Å². The molecule has 3 heterocycles. The third-order valence-electron chi connectivity index (χ3n) is 2.06. The zero-order valence-electron chi connectivity index (χ0n) is 7.65. The van der Waals surface area contributed by atoms with Gasteiger partial charge < -0.3 is 4.57 Å². The fourth-order valence-corrected chi connectivity index (χ4v) is 1.37. The first-order valence-corrected chi connectivity index (χ1v) is 4.32. The highest BCUT2D eigenvalue weighted by atomic mass is 15.3. The van der Waals surface area contributed by atoms with E-state index in [4.69, 9.17) is 0 Å². The summed E-state index contributed by atoms with van der Waals surface area (Å²) in [6.45, 7) is 0. The van der Waals surface area contributed by atoms with Crippen molar-refractivity contribution in [3.8, 4) is 11.5 Å². The SMILES string of the molecule is c1cn(-c2cn[nH]c2-n2cnnc2)cn1. The zero-order chi connectivity index (χ0) is 10.1. The summed E-state index contributed by atoms with van der Waals surface area (Å²) in [5, 5.41) is 14.3. The van der Waals surface area contributed by atoms with Crippen LogP contribution in [0, 0.1) is 0 Å². The van der Waals surface area contributed by atoms with Crippen molar-refractivity contribution in [2.24, 2.45) is 0 Å². The Morgan fingerprint density at radius 1 is 1.07 bits per heavy atom. The van der Waals surface area contributed by atoms with E-state index in [9.17, 15) is 0 Å². The number of aromatic nitrogens is 7. The Balaban J connectivity index is 2.15. The van der Waals surface area contributed by atoms with Gasteiger partial charge in [-0.1, -0.05) is 0 Å². The lowest BCUT2D eigenvalue weighted by Gasteiger charge is -2.02. The molecule has 3 aromatic heterocycles. The molecule has 0 bridgehead atoms. The van der Waals surface area contributed by atoms with Gasteiger partial charge in [0, 0.05) is 12.4 Å². The van der Waals surface area contributed by atoms with Crippen molar-refractivity contribution < 1.29 is 0 Å². The van der Waals surface area contributed by atoms with Crippen LogP contribution in [0.5, 0.6) is 0 Å². The van der Waals surface area contributed by atoms with E-state index in [2.05, 4.69) is 25.4 Å². The van der Waals surface area contributed by atoms with Gasteiger partial charge >= 0.3 is 0 Å². The number of imidazole rings is 1. The highest BCUT2D eigenvalue weighted by molar-refractivity contribution is 5.44. The molecule has 3 rings (SSSR count). The monoisotopic (exact) mass is 201 g/mol. The van der Waals surface area contributed by atoms with Crippen molar-refractivity contribution in [2.45, 2.75) is 0 Å². The maximum absolute atomic E-state index is 3.98. The summed E-state index contributed by atoms with van der Waals surface area (Å²) in [5.41, 5.74) is 0.896. The number of nitrogens with zero attached hydrogens (tertiary/aromatic N) is 6. The van der Waals surface area contributed by atoms with Crippen molar-refractivity contribution in [1.29, 1.82) is 0 Å². The fraction of sp³-hybridized carbons (Fsp3) is 0. The number of H-pyrrole nitrogens is 1. The van der Waals surface area contributed by atoms with Gasteiger partial charge in [0.25, 0.3) is 0 Å². The predicted molar refractivity (Wildman–Crippen MR) is 50.6 cm³/mol. The maximum atomic E-state index is 3.98. The molecular weight excluding hydrogens is 194 g/mol. The standard InChI is InChI=1S/C8H7N7/c1-2-14(4-9-1)7-3-10-13-8(7)15-5-11-12-6-15/h1-6H,(H,10,13). The van der Waals surface area contributed by atoms with E-state index in [0.29, 0.717) is 0 Å². The first-order chi connectivity index (χ1) is 7.45. The maximum Gasteiger partial charge on any atom is 0.159 e. The topological polar surface area (TPSA) is 77.2 Å². The Bertz CT molecular complexity index is 485. The van der Waals surface area contributed by atoms with Gasteiger partial charge in [-0.25, -0.2) is 4.98 Å². The van der Waals surface area contributed by atoms with Crippen molar-refractivity contribution >= 4 is 0 Å². The molecule has 74 valence electrons. The minimum atomic E-state index is 0.804. The first kappa shape index (κ1) is 7.92. The smallest absolute Gasteiger partial charge is 0.159 e. The molecule has 0 saturated carbocycles. The highest BCUT2D eigenvalue weighted by Gasteiger charge is 2.08. The van der Waals surface area contributed by atoms with E-state index in [1.54, 1.807) is 35.9 Å². The molecule has 0 amide bonds. The first-order valence-electron chi connectivity index (χ1n) is 4.32. The Kier molecular flexibility index (Phi) is 1.61. The van der Waals surface area contributed by atoms with Crippen molar-refractivity contribution in [3.63, 3.8) is 0 Å². The molecule has 7 heteroatoms. The summed E-state index contributed by atoms with van der Waals surface area (Å²) in [6, 6.07) is 0. The van der Waals surface area contributed by atoms with Crippen LogP contribution in [0.4, 0.5) is 0 Å². The molecule has 0 radical (unpaired) electrons. The largest absolute Gasteiger partial charge is 0.301 e. The molecule has 0 saturated heterocycles. The second-order valence-electron chi connectivity index (χ2n) is 2.94. The summed E-state index contributed by atoms with van der Waals surface area (Å²) in [6.07, 6.45) is 10.2. The average molecular weight is 201 g/mol. The Labute approximate surface area is 84.4 Å². The molecule has 0 aliphatic heterocycles. The summed E-state index contributed by atoms with van der Waals surface area (Å²) in [4.78, 5) is 3.98. The average Bonchev–Trinajstić information content (AvgIpc) is 3.01.